The molecular weight excluding hydrogens is 361 g/mol. The SMILES string of the molecule is Cc1oc(-c2cccc(Cl)c2)nc1CNC(=O)Nc1cccc(Cl)c1. The Kier molecular flexibility index (Phi) is 5.26. The number of aromatic nitrogens is 1. The number of aryl methyl sites for hydroxylation is 1. The highest BCUT2D eigenvalue weighted by atomic mass is 35.5. The Balaban J connectivity index is 1.64. The first-order valence-corrected chi connectivity index (χ1v) is 8.29. The minimum absolute atomic E-state index is 0.238. The quantitative estimate of drug-likeness (QED) is 0.651. The van der Waals surface area contributed by atoms with E-state index in [-0.39, 0.29) is 12.6 Å². The van der Waals surface area contributed by atoms with Gasteiger partial charge in [-0.1, -0.05) is 35.3 Å². The van der Waals surface area contributed by atoms with Crippen LogP contribution in [0.1, 0.15) is 11.5 Å². The summed E-state index contributed by atoms with van der Waals surface area (Å²) < 4.78 is 5.66. The van der Waals surface area contributed by atoms with E-state index >= 15 is 0 Å². The summed E-state index contributed by atoms with van der Waals surface area (Å²) in [7, 11) is 0. The molecule has 1 aromatic heterocycles. The predicted molar refractivity (Wildman–Crippen MR) is 99.0 cm³/mol. The molecule has 0 bridgehead atoms. The molecule has 3 rings (SSSR count). The van der Waals surface area contributed by atoms with Crippen LogP contribution in [0.5, 0.6) is 0 Å². The van der Waals surface area contributed by atoms with Crippen molar-refractivity contribution in [1.29, 1.82) is 0 Å². The Morgan fingerprint density at radius 3 is 2.56 bits per heavy atom. The summed E-state index contributed by atoms with van der Waals surface area (Å²) in [6.45, 7) is 2.04. The maximum atomic E-state index is 12.0. The third-order valence-electron chi connectivity index (χ3n) is 3.46. The highest BCUT2D eigenvalue weighted by Gasteiger charge is 2.12. The molecule has 7 heteroatoms. The highest BCUT2D eigenvalue weighted by molar-refractivity contribution is 6.31. The van der Waals surface area contributed by atoms with E-state index in [0.717, 1.165) is 5.56 Å². The van der Waals surface area contributed by atoms with Crippen LogP contribution >= 0.6 is 23.2 Å². The lowest BCUT2D eigenvalue weighted by molar-refractivity contribution is 0.251. The molecule has 25 heavy (non-hydrogen) atoms. The molecule has 2 amide bonds. The number of benzene rings is 2. The van der Waals surface area contributed by atoms with Gasteiger partial charge < -0.3 is 15.1 Å². The zero-order valence-electron chi connectivity index (χ0n) is 13.3. The smallest absolute Gasteiger partial charge is 0.319 e. The van der Waals surface area contributed by atoms with Crippen molar-refractivity contribution in [3.8, 4) is 11.5 Å². The number of nitrogens with zero attached hydrogens (tertiary/aromatic N) is 1. The fourth-order valence-corrected chi connectivity index (χ4v) is 2.62. The van der Waals surface area contributed by atoms with Crippen molar-refractivity contribution in [2.24, 2.45) is 0 Å². The van der Waals surface area contributed by atoms with Gasteiger partial charge in [0.15, 0.2) is 0 Å². The average Bonchev–Trinajstić information content (AvgIpc) is 2.94. The first-order chi connectivity index (χ1) is 12.0. The largest absolute Gasteiger partial charge is 0.441 e. The van der Waals surface area contributed by atoms with E-state index in [9.17, 15) is 4.79 Å². The fourth-order valence-electron chi connectivity index (χ4n) is 2.24. The second kappa shape index (κ2) is 7.59. The number of urea groups is 1. The lowest BCUT2D eigenvalue weighted by atomic mass is 10.2. The Hall–Kier alpha value is -2.50. The van der Waals surface area contributed by atoms with Gasteiger partial charge in [-0.25, -0.2) is 9.78 Å². The fraction of sp³-hybridized carbons (Fsp3) is 0.111. The van der Waals surface area contributed by atoms with E-state index in [0.29, 0.717) is 33.1 Å². The van der Waals surface area contributed by atoms with Crippen LogP contribution in [-0.2, 0) is 6.54 Å². The van der Waals surface area contributed by atoms with Crippen molar-refractivity contribution in [2.75, 3.05) is 5.32 Å². The highest BCUT2D eigenvalue weighted by Crippen LogP contribution is 2.24. The van der Waals surface area contributed by atoms with Gasteiger partial charge in [0.1, 0.15) is 11.5 Å². The predicted octanol–water partition coefficient (Wildman–Crippen LogP) is 5.28. The van der Waals surface area contributed by atoms with Gasteiger partial charge in [-0.2, -0.15) is 0 Å². The van der Waals surface area contributed by atoms with Gasteiger partial charge in [0.2, 0.25) is 5.89 Å². The molecule has 0 aliphatic rings. The molecule has 0 fully saturated rings. The lowest BCUT2D eigenvalue weighted by Gasteiger charge is -2.06. The topological polar surface area (TPSA) is 67.2 Å². The van der Waals surface area contributed by atoms with Crippen molar-refractivity contribution < 1.29 is 9.21 Å². The summed E-state index contributed by atoms with van der Waals surface area (Å²) in [5.41, 5.74) is 2.04. The molecule has 128 valence electrons. The van der Waals surface area contributed by atoms with Gasteiger partial charge in [-0.05, 0) is 43.3 Å². The molecule has 1 heterocycles. The van der Waals surface area contributed by atoms with E-state index in [1.807, 2.05) is 12.1 Å². The number of rotatable bonds is 4. The van der Waals surface area contributed by atoms with Crippen molar-refractivity contribution in [1.82, 2.24) is 10.3 Å². The number of hydrogen-bond donors (Lipinski definition) is 2. The van der Waals surface area contributed by atoms with Crippen LogP contribution in [0.4, 0.5) is 10.5 Å². The van der Waals surface area contributed by atoms with Crippen LogP contribution in [0.25, 0.3) is 11.5 Å². The summed E-state index contributed by atoms with van der Waals surface area (Å²) in [6.07, 6.45) is 0. The Labute approximate surface area is 155 Å². The standard InChI is InChI=1S/C18H15Cl2N3O2/c1-11-16(23-17(25-11)12-4-2-5-13(19)8-12)10-21-18(24)22-15-7-3-6-14(20)9-15/h2-9H,10H2,1H3,(H2,21,22,24). The van der Waals surface area contributed by atoms with Crippen molar-refractivity contribution >= 4 is 34.9 Å². The van der Waals surface area contributed by atoms with E-state index in [1.54, 1.807) is 43.3 Å². The molecule has 0 aliphatic carbocycles. The normalized spacial score (nSPS) is 10.5. The molecule has 2 N–H and O–H groups in total. The molecule has 0 atom stereocenters. The molecule has 0 aliphatic heterocycles. The number of halogens is 2. The van der Waals surface area contributed by atoms with Gasteiger partial charge in [0.25, 0.3) is 0 Å². The minimum Gasteiger partial charge on any atom is -0.441 e. The van der Waals surface area contributed by atoms with Crippen LogP contribution < -0.4 is 10.6 Å². The molecule has 2 aromatic carbocycles. The van der Waals surface area contributed by atoms with E-state index in [2.05, 4.69) is 15.6 Å². The summed E-state index contributed by atoms with van der Waals surface area (Å²) in [4.78, 5) is 16.4. The van der Waals surface area contributed by atoms with Crippen molar-refractivity contribution in [3.63, 3.8) is 0 Å². The third kappa shape index (κ3) is 4.53. The van der Waals surface area contributed by atoms with Crippen LogP contribution in [-0.4, -0.2) is 11.0 Å². The zero-order chi connectivity index (χ0) is 17.8. The molecule has 0 radical (unpaired) electrons. The Bertz CT molecular complexity index is 909. The first-order valence-electron chi connectivity index (χ1n) is 7.54. The summed E-state index contributed by atoms with van der Waals surface area (Å²) >= 11 is 11.9. The van der Waals surface area contributed by atoms with Gasteiger partial charge >= 0.3 is 6.03 Å². The van der Waals surface area contributed by atoms with Crippen LogP contribution in [0.2, 0.25) is 10.0 Å². The summed E-state index contributed by atoms with van der Waals surface area (Å²) in [6, 6.07) is 13.8. The molecule has 0 saturated carbocycles. The minimum atomic E-state index is -0.353. The zero-order valence-corrected chi connectivity index (χ0v) is 14.9. The number of nitrogens with one attached hydrogen (secondary N) is 2. The third-order valence-corrected chi connectivity index (χ3v) is 3.93. The van der Waals surface area contributed by atoms with E-state index in [4.69, 9.17) is 27.6 Å². The second-order valence-electron chi connectivity index (χ2n) is 5.35. The van der Waals surface area contributed by atoms with E-state index in [1.165, 1.54) is 0 Å². The number of oxazole rings is 1. The van der Waals surface area contributed by atoms with Crippen LogP contribution in [0.15, 0.2) is 52.9 Å². The monoisotopic (exact) mass is 375 g/mol. The molecule has 0 saturated heterocycles. The number of amides is 2. The maximum Gasteiger partial charge on any atom is 0.319 e. The molecule has 3 aromatic rings. The Morgan fingerprint density at radius 2 is 1.84 bits per heavy atom. The van der Waals surface area contributed by atoms with Crippen molar-refractivity contribution in [3.05, 3.63) is 70.0 Å². The Morgan fingerprint density at radius 1 is 1.12 bits per heavy atom. The van der Waals surface area contributed by atoms with Gasteiger partial charge in [-0.3, -0.25) is 0 Å². The van der Waals surface area contributed by atoms with Gasteiger partial charge in [0.05, 0.1) is 6.54 Å². The molecule has 5 nitrogen and oxygen atoms in total. The molecule has 0 unspecified atom stereocenters. The number of anilines is 1. The summed E-state index contributed by atoms with van der Waals surface area (Å²) in [5, 5.41) is 6.61. The van der Waals surface area contributed by atoms with Gasteiger partial charge in [-0.15, -0.1) is 0 Å². The number of hydrogen-bond acceptors (Lipinski definition) is 3. The average molecular weight is 376 g/mol. The molecular formula is C18H15Cl2N3O2. The second-order valence-corrected chi connectivity index (χ2v) is 6.22. The van der Waals surface area contributed by atoms with Crippen LogP contribution in [0.3, 0.4) is 0 Å². The van der Waals surface area contributed by atoms with Gasteiger partial charge in [0, 0.05) is 21.3 Å². The van der Waals surface area contributed by atoms with Crippen molar-refractivity contribution in [2.45, 2.75) is 13.5 Å². The number of carbonyl (C=O) groups excluding carboxylic acids is 1. The lowest BCUT2D eigenvalue weighted by Crippen LogP contribution is -2.28. The van der Waals surface area contributed by atoms with E-state index < -0.39 is 0 Å². The first kappa shape index (κ1) is 17.3. The number of carbonyl (C=O) groups is 1. The molecule has 0 spiro atoms. The van der Waals surface area contributed by atoms with Crippen LogP contribution in [0, 0.1) is 6.92 Å². The summed E-state index contributed by atoms with van der Waals surface area (Å²) in [5.74, 6) is 1.10. The maximum absolute atomic E-state index is 12.0.